The number of hydrogen-bond donors (Lipinski definition) is 2. The Labute approximate surface area is 118 Å². The third-order valence-electron chi connectivity index (χ3n) is 2.47. The summed E-state index contributed by atoms with van der Waals surface area (Å²) in [5.74, 6) is -1.99. The first-order valence-electron chi connectivity index (χ1n) is 5.38. The summed E-state index contributed by atoms with van der Waals surface area (Å²) in [4.78, 5) is 14.9. The van der Waals surface area contributed by atoms with Gasteiger partial charge in [0.2, 0.25) is 0 Å². The summed E-state index contributed by atoms with van der Waals surface area (Å²) in [5.41, 5.74) is -0.252. The number of carboxylic acids is 1. The monoisotopic (exact) mass is 291 g/mol. The Morgan fingerprint density at radius 3 is 2.80 bits per heavy atom. The van der Waals surface area contributed by atoms with Crippen LogP contribution in [0.1, 0.15) is 15.9 Å². The lowest BCUT2D eigenvalue weighted by Crippen LogP contribution is -2.06. The maximum Gasteiger partial charge on any atom is 0.339 e. The van der Waals surface area contributed by atoms with E-state index in [4.69, 9.17) is 22.0 Å². The molecular weight excluding hydrogens is 285 g/mol. The summed E-state index contributed by atoms with van der Waals surface area (Å²) in [5, 5.41) is 20.7. The number of nitrogens with one attached hydrogen (secondary N) is 1. The van der Waals surface area contributed by atoms with E-state index in [-0.39, 0.29) is 27.8 Å². The second kappa shape index (κ2) is 5.55. The molecule has 7 heteroatoms. The van der Waals surface area contributed by atoms with Crippen molar-refractivity contribution in [2.24, 2.45) is 0 Å². The quantitative estimate of drug-likeness (QED) is 0.848. The standard InChI is InChI=1S/C13H7ClFN3O2/c14-11-5-4-7(13(19)20)12(18-11)17-10-3-1-2-9(15)8(10)6-16/h1-5H,(H,17,18)(H,19,20). The van der Waals surface area contributed by atoms with Crippen LogP contribution in [0.15, 0.2) is 30.3 Å². The molecule has 0 spiro atoms. The molecule has 100 valence electrons. The largest absolute Gasteiger partial charge is 0.478 e. The van der Waals surface area contributed by atoms with Gasteiger partial charge >= 0.3 is 5.97 Å². The molecule has 0 atom stereocenters. The number of benzene rings is 1. The Kier molecular flexibility index (Phi) is 3.82. The number of carboxylic acid groups (broad SMARTS) is 1. The van der Waals surface area contributed by atoms with Crippen LogP contribution in [0.4, 0.5) is 15.9 Å². The van der Waals surface area contributed by atoms with E-state index in [1.165, 1.54) is 24.3 Å². The van der Waals surface area contributed by atoms with Crippen molar-refractivity contribution in [2.75, 3.05) is 5.32 Å². The van der Waals surface area contributed by atoms with Crippen LogP contribution in [0.2, 0.25) is 5.15 Å². The summed E-state index contributed by atoms with van der Waals surface area (Å²) in [6.45, 7) is 0. The van der Waals surface area contributed by atoms with E-state index in [0.29, 0.717) is 0 Å². The number of pyridine rings is 1. The second-order valence-electron chi connectivity index (χ2n) is 3.73. The van der Waals surface area contributed by atoms with Crippen LogP contribution in [-0.2, 0) is 0 Å². The van der Waals surface area contributed by atoms with Gasteiger partial charge < -0.3 is 10.4 Å². The SMILES string of the molecule is N#Cc1c(F)cccc1Nc1nc(Cl)ccc1C(=O)O. The van der Waals surface area contributed by atoms with E-state index in [9.17, 15) is 9.18 Å². The smallest absolute Gasteiger partial charge is 0.339 e. The first-order chi connectivity index (χ1) is 9.52. The fourth-order valence-electron chi connectivity index (χ4n) is 1.57. The predicted molar refractivity (Wildman–Crippen MR) is 70.6 cm³/mol. The van der Waals surface area contributed by atoms with Gasteiger partial charge in [0, 0.05) is 0 Å². The minimum absolute atomic E-state index is 0.0629. The molecule has 0 aliphatic rings. The summed E-state index contributed by atoms with van der Waals surface area (Å²) in [6, 6.07) is 8.26. The molecular formula is C13H7ClFN3O2. The first-order valence-corrected chi connectivity index (χ1v) is 5.76. The highest BCUT2D eigenvalue weighted by Gasteiger charge is 2.15. The van der Waals surface area contributed by atoms with E-state index >= 15 is 0 Å². The molecule has 0 amide bonds. The van der Waals surface area contributed by atoms with Crippen molar-refractivity contribution in [3.05, 3.63) is 52.4 Å². The van der Waals surface area contributed by atoms with Crippen molar-refractivity contribution >= 4 is 29.1 Å². The van der Waals surface area contributed by atoms with Crippen molar-refractivity contribution < 1.29 is 14.3 Å². The number of nitrogens with zero attached hydrogens (tertiary/aromatic N) is 2. The van der Waals surface area contributed by atoms with Crippen LogP contribution in [0.3, 0.4) is 0 Å². The molecule has 2 rings (SSSR count). The van der Waals surface area contributed by atoms with Gasteiger partial charge in [-0.25, -0.2) is 14.2 Å². The highest BCUT2D eigenvalue weighted by atomic mass is 35.5. The molecule has 2 aromatic rings. The molecule has 20 heavy (non-hydrogen) atoms. The van der Waals surface area contributed by atoms with E-state index in [1.807, 2.05) is 0 Å². The summed E-state index contributed by atoms with van der Waals surface area (Å²) in [7, 11) is 0. The van der Waals surface area contributed by atoms with E-state index < -0.39 is 11.8 Å². The topological polar surface area (TPSA) is 86.0 Å². The predicted octanol–water partition coefficient (Wildman–Crippen LogP) is 3.19. The van der Waals surface area contributed by atoms with Crippen LogP contribution < -0.4 is 5.32 Å². The van der Waals surface area contributed by atoms with Crippen molar-refractivity contribution in [1.82, 2.24) is 4.98 Å². The fourth-order valence-corrected chi connectivity index (χ4v) is 1.72. The van der Waals surface area contributed by atoms with Crippen LogP contribution in [0, 0.1) is 17.1 Å². The Balaban J connectivity index is 2.51. The van der Waals surface area contributed by atoms with Crippen molar-refractivity contribution in [3.8, 4) is 6.07 Å². The number of hydrogen-bond acceptors (Lipinski definition) is 4. The van der Waals surface area contributed by atoms with E-state index in [2.05, 4.69) is 10.3 Å². The van der Waals surface area contributed by atoms with Crippen molar-refractivity contribution in [3.63, 3.8) is 0 Å². The molecule has 1 aromatic heterocycles. The number of aromatic carboxylic acids is 1. The van der Waals surface area contributed by atoms with Gasteiger partial charge in [0.1, 0.15) is 34.0 Å². The number of anilines is 2. The van der Waals surface area contributed by atoms with E-state index in [1.54, 1.807) is 6.07 Å². The number of aromatic nitrogens is 1. The third kappa shape index (κ3) is 2.68. The summed E-state index contributed by atoms with van der Waals surface area (Å²) in [6.07, 6.45) is 0. The van der Waals surface area contributed by atoms with Gasteiger partial charge in [0.15, 0.2) is 0 Å². The van der Waals surface area contributed by atoms with Crippen molar-refractivity contribution in [2.45, 2.75) is 0 Å². The lowest BCUT2D eigenvalue weighted by atomic mass is 10.1. The molecule has 0 unspecified atom stereocenters. The van der Waals surface area contributed by atoms with Gasteiger partial charge in [-0.3, -0.25) is 0 Å². The molecule has 1 aromatic carbocycles. The lowest BCUT2D eigenvalue weighted by Gasteiger charge is -2.10. The van der Waals surface area contributed by atoms with Gasteiger partial charge in [-0.05, 0) is 24.3 Å². The Bertz CT molecular complexity index is 728. The molecule has 0 bridgehead atoms. The van der Waals surface area contributed by atoms with Crippen LogP contribution in [0.25, 0.3) is 0 Å². The lowest BCUT2D eigenvalue weighted by molar-refractivity contribution is 0.0697. The molecule has 2 N–H and O–H groups in total. The first kappa shape index (κ1) is 13.8. The maximum absolute atomic E-state index is 13.5. The van der Waals surface area contributed by atoms with Gasteiger partial charge in [-0.1, -0.05) is 17.7 Å². The maximum atomic E-state index is 13.5. The molecule has 1 heterocycles. The zero-order valence-corrected chi connectivity index (χ0v) is 10.6. The molecule has 0 saturated heterocycles. The number of rotatable bonds is 3. The fraction of sp³-hybridized carbons (Fsp3) is 0. The van der Waals surface area contributed by atoms with Gasteiger partial charge in [0.25, 0.3) is 0 Å². The Morgan fingerprint density at radius 1 is 1.40 bits per heavy atom. The number of carbonyl (C=O) groups is 1. The molecule has 5 nitrogen and oxygen atoms in total. The summed E-state index contributed by atoms with van der Waals surface area (Å²) < 4.78 is 13.5. The zero-order chi connectivity index (χ0) is 14.7. The van der Waals surface area contributed by atoms with Gasteiger partial charge in [-0.2, -0.15) is 5.26 Å². The normalized spacial score (nSPS) is 9.85. The van der Waals surface area contributed by atoms with E-state index in [0.717, 1.165) is 6.07 Å². The molecule has 0 fully saturated rings. The summed E-state index contributed by atoms with van der Waals surface area (Å²) >= 11 is 5.71. The minimum atomic E-state index is -1.22. The van der Waals surface area contributed by atoms with Crippen molar-refractivity contribution in [1.29, 1.82) is 5.26 Å². The zero-order valence-electron chi connectivity index (χ0n) is 9.89. The number of nitriles is 1. The molecule has 0 saturated carbocycles. The number of halogens is 2. The Hall–Kier alpha value is -2.65. The Morgan fingerprint density at radius 2 is 2.15 bits per heavy atom. The highest BCUT2D eigenvalue weighted by molar-refractivity contribution is 6.29. The third-order valence-corrected chi connectivity index (χ3v) is 2.68. The van der Waals surface area contributed by atoms with Crippen LogP contribution >= 0.6 is 11.6 Å². The van der Waals surface area contributed by atoms with Crippen LogP contribution in [-0.4, -0.2) is 16.1 Å². The highest BCUT2D eigenvalue weighted by Crippen LogP contribution is 2.25. The van der Waals surface area contributed by atoms with Gasteiger partial charge in [0.05, 0.1) is 5.69 Å². The van der Waals surface area contributed by atoms with Crippen LogP contribution in [0.5, 0.6) is 0 Å². The molecule has 0 aliphatic carbocycles. The second-order valence-corrected chi connectivity index (χ2v) is 4.12. The molecule has 0 aliphatic heterocycles. The van der Waals surface area contributed by atoms with Gasteiger partial charge in [-0.15, -0.1) is 0 Å². The minimum Gasteiger partial charge on any atom is -0.478 e. The average molecular weight is 292 g/mol. The average Bonchev–Trinajstić information content (AvgIpc) is 2.38. The molecule has 0 radical (unpaired) electrons.